The summed E-state index contributed by atoms with van der Waals surface area (Å²) in [5, 5.41) is 6.02. The van der Waals surface area contributed by atoms with Crippen LogP contribution >= 0.6 is 0 Å². The smallest absolute Gasteiger partial charge is 0.255 e. The van der Waals surface area contributed by atoms with E-state index in [9.17, 15) is 14.4 Å². The molecule has 1 aromatic carbocycles. The van der Waals surface area contributed by atoms with Gasteiger partial charge in [-0.25, -0.2) is 0 Å². The molecule has 3 fully saturated rings. The molecule has 148 valence electrons. The van der Waals surface area contributed by atoms with Crippen molar-refractivity contribution in [2.75, 3.05) is 18.0 Å². The molecule has 2 N–H and O–H groups in total. The van der Waals surface area contributed by atoms with E-state index in [0.717, 1.165) is 18.7 Å². The zero-order chi connectivity index (χ0) is 19.3. The maximum atomic E-state index is 12.9. The van der Waals surface area contributed by atoms with Gasteiger partial charge in [-0.15, -0.1) is 0 Å². The Bertz CT molecular complexity index is 837. The molecule has 5 rings (SSSR count). The molecule has 28 heavy (non-hydrogen) atoms. The van der Waals surface area contributed by atoms with Crippen LogP contribution in [-0.4, -0.2) is 53.8 Å². The maximum absolute atomic E-state index is 12.9. The van der Waals surface area contributed by atoms with Crippen LogP contribution < -0.4 is 15.5 Å². The molecule has 3 atom stereocenters. The molecule has 1 saturated carbocycles. The Morgan fingerprint density at radius 2 is 1.86 bits per heavy atom. The number of carbonyl (C=O) groups is 3. The number of anilines is 1. The van der Waals surface area contributed by atoms with E-state index in [1.54, 1.807) is 4.90 Å². The monoisotopic (exact) mass is 382 g/mol. The van der Waals surface area contributed by atoms with Crippen molar-refractivity contribution in [3.8, 4) is 0 Å². The molecule has 1 aromatic rings. The number of piperazine rings is 1. The van der Waals surface area contributed by atoms with Gasteiger partial charge in [0.1, 0.15) is 6.04 Å². The largest absolute Gasteiger partial charge is 0.366 e. The lowest BCUT2D eigenvalue weighted by atomic mass is 9.87. The average Bonchev–Trinajstić information content (AvgIpc) is 3.03. The fourth-order valence-electron chi connectivity index (χ4n) is 5.32. The lowest BCUT2D eigenvalue weighted by molar-refractivity contribution is -0.136. The van der Waals surface area contributed by atoms with Crippen molar-refractivity contribution >= 4 is 23.4 Å². The van der Waals surface area contributed by atoms with Gasteiger partial charge in [0.05, 0.1) is 0 Å². The van der Waals surface area contributed by atoms with E-state index < -0.39 is 6.04 Å². The Balaban J connectivity index is 1.38. The fraction of sp³-hybridized carbons (Fsp3) is 0.571. The van der Waals surface area contributed by atoms with E-state index in [0.29, 0.717) is 30.6 Å². The van der Waals surface area contributed by atoms with Gasteiger partial charge in [0.15, 0.2) is 0 Å². The Morgan fingerprint density at radius 1 is 1.00 bits per heavy atom. The van der Waals surface area contributed by atoms with Gasteiger partial charge in [-0.05, 0) is 43.0 Å². The summed E-state index contributed by atoms with van der Waals surface area (Å²) in [7, 11) is 0. The first-order chi connectivity index (χ1) is 13.6. The third-order valence-corrected chi connectivity index (χ3v) is 6.73. The SMILES string of the molecule is O=C1CCC(N2Cc3cc(N4CCN[C@@H]5CCCC[C@H]54)ccc3C2=O)C(=O)N1. The molecule has 3 amide bonds. The number of hydrogen-bond acceptors (Lipinski definition) is 5. The minimum absolute atomic E-state index is 0.105. The molecule has 0 radical (unpaired) electrons. The van der Waals surface area contributed by atoms with E-state index in [1.807, 2.05) is 6.07 Å². The zero-order valence-corrected chi connectivity index (χ0v) is 15.9. The van der Waals surface area contributed by atoms with Crippen LogP contribution in [0.4, 0.5) is 5.69 Å². The number of nitrogens with one attached hydrogen (secondary N) is 2. The first-order valence-corrected chi connectivity index (χ1v) is 10.4. The molecule has 0 spiro atoms. The fourth-order valence-corrected chi connectivity index (χ4v) is 5.32. The predicted octanol–water partition coefficient (Wildman–Crippen LogP) is 1.17. The quantitative estimate of drug-likeness (QED) is 0.751. The number of hydrogen-bond donors (Lipinski definition) is 2. The van der Waals surface area contributed by atoms with Crippen LogP contribution in [0.25, 0.3) is 0 Å². The molecule has 1 unspecified atom stereocenters. The number of rotatable bonds is 2. The van der Waals surface area contributed by atoms with Crippen LogP contribution in [0, 0.1) is 0 Å². The maximum Gasteiger partial charge on any atom is 0.255 e. The first kappa shape index (κ1) is 17.7. The molecule has 2 saturated heterocycles. The van der Waals surface area contributed by atoms with Crippen LogP contribution in [0.5, 0.6) is 0 Å². The molecule has 0 bridgehead atoms. The summed E-state index contributed by atoms with van der Waals surface area (Å²) in [6, 6.07) is 6.63. The lowest BCUT2D eigenvalue weighted by Gasteiger charge is -2.46. The summed E-state index contributed by atoms with van der Waals surface area (Å²) >= 11 is 0. The number of piperidine rings is 1. The van der Waals surface area contributed by atoms with Gasteiger partial charge in [0.25, 0.3) is 5.91 Å². The van der Waals surface area contributed by atoms with Gasteiger partial charge in [-0.1, -0.05) is 12.8 Å². The predicted molar refractivity (Wildman–Crippen MR) is 104 cm³/mol. The third kappa shape index (κ3) is 2.89. The molecule has 7 nitrogen and oxygen atoms in total. The van der Waals surface area contributed by atoms with Crippen molar-refractivity contribution in [1.29, 1.82) is 0 Å². The minimum Gasteiger partial charge on any atom is -0.366 e. The molecular weight excluding hydrogens is 356 g/mol. The molecule has 1 aliphatic carbocycles. The Morgan fingerprint density at radius 3 is 2.71 bits per heavy atom. The van der Waals surface area contributed by atoms with E-state index in [1.165, 1.54) is 31.4 Å². The standard InChI is InChI=1S/C21H26N4O3/c26-19-8-7-18(20(27)23-19)25-12-13-11-14(5-6-15(13)21(25)28)24-10-9-22-16-3-1-2-4-17(16)24/h5-6,11,16-18,22H,1-4,7-10,12H2,(H,23,26,27)/t16-,17-,18?/m1/s1. The second kappa shape index (κ2) is 6.88. The van der Waals surface area contributed by atoms with E-state index in [2.05, 4.69) is 27.7 Å². The highest BCUT2D eigenvalue weighted by molar-refractivity contribution is 6.05. The van der Waals surface area contributed by atoms with Gasteiger partial charge < -0.3 is 15.1 Å². The van der Waals surface area contributed by atoms with Crippen molar-refractivity contribution in [2.24, 2.45) is 0 Å². The number of amides is 3. The molecular formula is C21H26N4O3. The van der Waals surface area contributed by atoms with Gasteiger partial charge >= 0.3 is 0 Å². The van der Waals surface area contributed by atoms with Crippen molar-refractivity contribution < 1.29 is 14.4 Å². The topological polar surface area (TPSA) is 81.8 Å². The molecule has 4 aliphatic rings. The Labute approximate surface area is 164 Å². The highest BCUT2D eigenvalue weighted by atomic mass is 16.2. The Kier molecular flexibility index (Phi) is 4.34. The molecule has 7 heteroatoms. The van der Waals surface area contributed by atoms with E-state index >= 15 is 0 Å². The van der Waals surface area contributed by atoms with Gasteiger partial charge in [0, 0.05) is 49.4 Å². The second-order valence-electron chi connectivity index (χ2n) is 8.35. The van der Waals surface area contributed by atoms with Crippen LogP contribution in [0.15, 0.2) is 18.2 Å². The summed E-state index contributed by atoms with van der Waals surface area (Å²) in [6.07, 6.45) is 5.68. The molecule has 3 aliphatic heterocycles. The van der Waals surface area contributed by atoms with Crippen molar-refractivity contribution in [3.05, 3.63) is 29.3 Å². The second-order valence-corrected chi connectivity index (χ2v) is 8.35. The average molecular weight is 382 g/mol. The molecule has 0 aromatic heterocycles. The van der Waals surface area contributed by atoms with Gasteiger partial charge in [-0.3, -0.25) is 19.7 Å². The highest BCUT2D eigenvalue weighted by Gasteiger charge is 2.40. The van der Waals surface area contributed by atoms with Crippen LogP contribution in [0.3, 0.4) is 0 Å². The van der Waals surface area contributed by atoms with Crippen molar-refractivity contribution in [2.45, 2.75) is 63.2 Å². The summed E-state index contributed by atoms with van der Waals surface area (Å²) in [4.78, 5) is 40.6. The van der Waals surface area contributed by atoms with Crippen LogP contribution in [0.1, 0.15) is 54.4 Å². The minimum atomic E-state index is -0.553. The lowest BCUT2D eigenvalue weighted by Crippen LogP contribution is -2.59. The summed E-state index contributed by atoms with van der Waals surface area (Å²) < 4.78 is 0. The number of nitrogens with zero attached hydrogens (tertiary/aromatic N) is 2. The summed E-state index contributed by atoms with van der Waals surface area (Å²) in [5.41, 5.74) is 2.84. The van der Waals surface area contributed by atoms with E-state index in [4.69, 9.17) is 0 Å². The number of imide groups is 1. The highest BCUT2D eigenvalue weighted by Crippen LogP contribution is 2.34. The summed E-state index contributed by atoms with van der Waals surface area (Å²) in [6.45, 7) is 2.40. The number of benzene rings is 1. The van der Waals surface area contributed by atoms with Gasteiger partial charge in [-0.2, -0.15) is 0 Å². The van der Waals surface area contributed by atoms with Crippen molar-refractivity contribution in [3.63, 3.8) is 0 Å². The van der Waals surface area contributed by atoms with Crippen LogP contribution in [-0.2, 0) is 16.1 Å². The number of carbonyl (C=O) groups excluding carboxylic acids is 3. The Hall–Kier alpha value is -2.41. The van der Waals surface area contributed by atoms with Gasteiger partial charge in [0.2, 0.25) is 11.8 Å². The number of fused-ring (bicyclic) bond motifs is 2. The van der Waals surface area contributed by atoms with E-state index in [-0.39, 0.29) is 24.1 Å². The molecule has 3 heterocycles. The first-order valence-electron chi connectivity index (χ1n) is 10.4. The zero-order valence-electron chi connectivity index (χ0n) is 15.9. The normalized spacial score (nSPS) is 30.1. The third-order valence-electron chi connectivity index (χ3n) is 6.73. The van der Waals surface area contributed by atoms with Crippen molar-refractivity contribution in [1.82, 2.24) is 15.5 Å². The van der Waals surface area contributed by atoms with Crippen LogP contribution in [0.2, 0.25) is 0 Å². The summed E-state index contributed by atoms with van der Waals surface area (Å²) in [5.74, 6) is -0.717.